The van der Waals surface area contributed by atoms with Crippen LogP contribution in [0.1, 0.15) is 38.2 Å². The minimum Gasteiger partial charge on any atom is -0.350 e. The van der Waals surface area contributed by atoms with Crippen molar-refractivity contribution in [2.45, 2.75) is 38.6 Å². The van der Waals surface area contributed by atoms with Gasteiger partial charge in [-0.25, -0.2) is 4.39 Å². The second kappa shape index (κ2) is 6.50. The van der Waals surface area contributed by atoms with Crippen LogP contribution in [0.25, 0.3) is 6.08 Å². The van der Waals surface area contributed by atoms with Crippen molar-refractivity contribution in [1.29, 1.82) is 0 Å². The number of halogens is 1. The maximum atomic E-state index is 12.7. The minimum atomic E-state index is -0.266. The molecule has 102 valence electrons. The zero-order chi connectivity index (χ0) is 13.7. The van der Waals surface area contributed by atoms with E-state index in [0.717, 1.165) is 12.0 Å². The lowest BCUT2D eigenvalue weighted by atomic mass is 9.86. The lowest BCUT2D eigenvalue weighted by Crippen LogP contribution is -2.40. The number of benzene rings is 1. The van der Waals surface area contributed by atoms with Gasteiger partial charge in [-0.3, -0.25) is 4.79 Å². The highest BCUT2D eigenvalue weighted by atomic mass is 19.1. The van der Waals surface area contributed by atoms with E-state index in [-0.39, 0.29) is 11.7 Å². The van der Waals surface area contributed by atoms with Crippen LogP contribution >= 0.6 is 0 Å². The van der Waals surface area contributed by atoms with E-state index >= 15 is 0 Å². The van der Waals surface area contributed by atoms with Crippen molar-refractivity contribution in [3.63, 3.8) is 0 Å². The summed E-state index contributed by atoms with van der Waals surface area (Å²) in [7, 11) is 0. The molecule has 19 heavy (non-hydrogen) atoms. The number of hydrogen-bond donors (Lipinski definition) is 1. The van der Waals surface area contributed by atoms with Gasteiger partial charge in [-0.05, 0) is 42.5 Å². The first-order valence-corrected chi connectivity index (χ1v) is 6.89. The van der Waals surface area contributed by atoms with Crippen molar-refractivity contribution in [3.05, 3.63) is 41.7 Å². The monoisotopic (exact) mass is 261 g/mol. The fourth-order valence-electron chi connectivity index (χ4n) is 2.51. The second-order valence-corrected chi connectivity index (χ2v) is 5.26. The molecule has 0 heterocycles. The molecule has 1 aromatic carbocycles. The van der Waals surface area contributed by atoms with Crippen molar-refractivity contribution < 1.29 is 9.18 Å². The number of nitrogens with one attached hydrogen (secondary N) is 1. The Hall–Kier alpha value is -1.64. The fourth-order valence-corrected chi connectivity index (χ4v) is 2.51. The quantitative estimate of drug-likeness (QED) is 0.828. The van der Waals surface area contributed by atoms with E-state index in [1.807, 2.05) is 0 Å². The maximum absolute atomic E-state index is 12.7. The highest BCUT2D eigenvalue weighted by Gasteiger charge is 2.21. The standard InChI is InChI=1S/C16H20FNO/c1-12-4-2-3-5-15(12)18-16(19)11-8-13-6-9-14(17)10-7-13/h6-12,15H,2-5H2,1H3,(H,18,19)/b11-8+. The highest BCUT2D eigenvalue weighted by molar-refractivity contribution is 5.91. The van der Waals surface area contributed by atoms with Gasteiger partial charge in [0.25, 0.3) is 0 Å². The summed E-state index contributed by atoms with van der Waals surface area (Å²) < 4.78 is 12.7. The topological polar surface area (TPSA) is 29.1 Å². The number of carbonyl (C=O) groups excluding carboxylic acids is 1. The summed E-state index contributed by atoms with van der Waals surface area (Å²) in [6, 6.07) is 6.38. The zero-order valence-corrected chi connectivity index (χ0v) is 11.2. The van der Waals surface area contributed by atoms with E-state index in [1.54, 1.807) is 18.2 Å². The molecule has 3 heteroatoms. The van der Waals surface area contributed by atoms with E-state index in [2.05, 4.69) is 12.2 Å². The minimum absolute atomic E-state index is 0.0666. The molecular weight excluding hydrogens is 241 g/mol. The SMILES string of the molecule is CC1CCCCC1NC(=O)/C=C/c1ccc(F)cc1. The molecule has 2 rings (SSSR count). The predicted molar refractivity (Wildman–Crippen MR) is 75.0 cm³/mol. The summed E-state index contributed by atoms with van der Waals surface area (Å²) >= 11 is 0. The Balaban J connectivity index is 1.88. The van der Waals surface area contributed by atoms with Gasteiger partial charge in [-0.2, -0.15) is 0 Å². The van der Waals surface area contributed by atoms with E-state index in [0.29, 0.717) is 12.0 Å². The smallest absolute Gasteiger partial charge is 0.244 e. The first-order valence-electron chi connectivity index (χ1n) is 6.89. The van der Waals surface area contributed by atoms with Crippen molar-refractivity contribution in [1.82, 2.24) is 5.32 Å². The zero-order valence-electron chi connectivity index (χ0n) is 11.2. The molecule has 1 amide bonds. The molecule has 0 spiro atoms. The molecule has 1 aliphatic rings. The van der Waals surface area contributed by atoms with Gasteiger partial charge in [-0.15, -0.1) is 0 Å². The number of carbonyl (C=O) groups is 1. The summed E-state index contributed by atoms with van der Waals surface area (Å²) in [5.74, 6) is 0.220. The van der Waals surface area contributed by atoms with Gasteiger partial charge in [0.2, 0.25) is 5.91 Å². The third kappa shape index (κ3) is 4.19. The Kier molecular flexibility index (Phi) is 4.72. The van der Waals surface area contributed by atoms with Crippen LogP contribution in [0, 0.1) is 11.7 Å². The average molecular weight is 261 g/mol. The first-order chi connectivity index (χ1) is 9.15. The van der Waals surface area contributed by atoms with Crippen molar-refractivity contribution in [2.24, 2.45) is 5.92 Å². The van der Waals surface area contributed by atoms with Gasteiger partial charge in [0.1, 0.15) is 5.82 Å². The Morgan fingerprint density at radius 1 is 1.26 bits per heavy atom. The molecule has 1 N–H and O–H groups in total. The van der Waals surface area contributed by atoms with Gasteiger partial charge in [0, 0.05) is 12.1 Å². The third-order valence-corrected chi connectivity index (χ3v) is 3.74. The van der Waals surface area contributed by atoms with Gasteiger partial charge in [0.05, 0.1) is 0 Å². The normalized spacial score (nSPS) is 23.5. The Morgan fingerprint density at radius 2 is 1.95 bits per heavy atom. The molecule has 2 unspecified atom stereocenters. The molecule has 0 bridgehead atoms. The highest BCUT2D eigenvalue weighted by Crippen LogP contribution is 2.23. The van der Waals surface area contributed by atoms with E-state index < -0.39 is 0 Å². The molecule has 2 atom stereocenters. The second-order valence-electron chi connectivity index (χ2n) is 5.26. The van der Waals surface area contributed by atoms with E-state index in [1.165, 1.54) is 37.5 Å². The molecule has 0 radical (unpaired) electrons. The summed E-state index contributed by atoms with van der Waals surface area (Å²) in [6.45, 7) is 2.19. The molecule has 2 nitrogen and oxygen atoms in total. The van der Waals surface area contributed by atoms with Gasteiger partial charge in [0.15, 0.2) is 0 Å². The van der Waals surface area contributed by atoms with Crippen LogP contribution in [0.3, 0.4) is 0 Å². The van der Waals surface area contributed by atoms with Crippen LogP contribution in [-0.4, -0.2) is 11.9 Å². The molecule has 0 saturated heterocycles. The van der Waals surface area contributed by atoms with Gasteiger partial charge >= 0.3 is 0 Å². The van der Waals surface area contributed by atoms with Crippen LogP contribution in [0.5, 0.6) is 0 Å². The molecule has 1 aromatic rings. The van der Waals surface area contributed by atoms with Crippen LogP contribution < -0.4 is 5.32 Å². The molecule has 0 aliphatic heterocycles. The first kappa shape index (κ1) is 13.8. The molecule has 1 fully saturated rings. The lowest BCUT2D eigenvalue weighted by Gasteiger charge is -2.29. The predicted octanol–water partition coefficient (Wildman–Crippen LogP) is 3.53. The van der Waals surface area contributed by atoms with Crippen molar-refractivity contribution in [2.75, 3.05) is 0 Å². The fraction of sp³-hybridized carbons (Fsp3) is 0.438. The number of rotatable bonds is 3. The largest absolute Gasteiger partial charge is 0.350 e. The molecule has 1 saturated carbocycles. The maximum Gasteiger partial charge on any atom is 0.244 e. The average Bonchev–Trinajstić information content (AvgIpc) is 2.41. The molecule has 0 aromatic heterocycles. The summed E-state index contributed by atoms with van der Waals surface area (Å²) in [4.78, 5) is 11.8. The van der Waals surface area contributed by atoms with Crippen LogP contribution in [0.2, 0.25) is 0 Å². The summed E-state index contributed by atoms with van der Waals surface area (Å²) in [5.41, 5.74) is 0.827. The molecule has 1 aliphatic carbocycles. The van der Waals surface area contributed by atoms with Crippen LogP contribution in [-0.2, 0) is 4.79 Å². The Bertz CT molecular complexity index is 452. The van der Waals surface area contributed by atoms with Crippen LogP contribution in [0.4, 0.5) is 4.39 Å². The number of hydrogen-bond acceptors (Lipinski definition) is 1. The van der Waals surface area contributed by atoms with Gasteiger partial charge < -0.3 is 5.32 Å². The Labute approximate surface area is 113 Å². The van der Waals surface area contributed by atoms with E-state index in [4.69, 9.17) is 0 Å². The molecular formula is C16H20FNO. The van der Waals surface area contributed by atoms with Gasteiger partial charge in [-0.1, -0.05) is 31.9 Å². The van der Waals surface area contributed by atoms with Crippen LogP contribution in [0.15, 0.2) is 30.3 Å². The van der Waals surface area contributed by atoms with E-state index in [9.17, 15) is 9.18 Å². The summed E-state index contributed by atoms with van der Waals surface area (Å²) in [5, 5.41) is 3.05. The Morgan fingerprint density at radius 3 is 2.63 bits per heavy atom. The lowest BCUT2D eigenvalue weighted by molar-refractivity contribution is -0.117. The van der Waals surface area contributed by atoms with Crippen molar-refractivity contribution in [3.8, 4) is 0 Å². The number of amides is 1. The summed E-state index contributed by atoms with van der Waals surface area (Å²) in [6.07, 6.45) is 7.94. The third-order valence-electron chi connectivity index (χ3n) is 3.74. The van der Waals surface area contributed by atoms with Crippen molar-refractivity contribution >= 4 is 12.0 Å².